The van der Waals surface area contributed by atoms with Crippen molar-refractivity contribution in [1.29, 1.82) is 0 Å². The molecule has 1 aliphatic rings. The second-order valence-electron chi connectivity index (χ2n) is 8.39. The Labute approximate surface area is 198 Å². The average molecular weight is 545 g/mol. The molecule has 0 spiro atoms. The number of phosphoric acid groups is 2. The molecule has 35 heavy (non-hydrogen) atoms. The van der Waals surface area contributed by atoms with Crippen molar-refractivity contribution in [2.75, 3.05) is 6.61 Å². The Morgan fingerprint density at radius 1 is 1.37 bits per heavy atom. The highest BCUT2D eigenvalue weighted by Crippen LogP contribution is 2.57. The number of aliphatic hydroxyl groups is 1. The monoisotopic (exact) mass is 545 g/mol. The molecule has 1 aromatic heterocycles. The van der Waals surface area contributed by atoms with Crippen LogP contribution in [0, 0.1) is 6.92 Å². The van der Waals surface area contributed by atoms with Gasteiger partial charge in [0.1, 0.15) is 24.7 Å². The van der Waals surface area contributed by atoms with Crippen molar-refractivity contribution in [3.05, 3.63) is 32.6 Å². The van der Waals surface area contributed by atoms with Gasteiger partial charge >= 0.3 is 21.3 Å². The number of nitrogens with two attached hydrogens (primary N) is 1. The summed E-state index contributed by atoms with van der Waals surface area (Å²) >= 11 is 0. The molecule has 16 nitrogen and oxygen atoms in total. The molecule has 0 bridgehead atoms. The predicted octanol–water partition coefficient (Wildman–Crippen LogP) is -1.20. The molecular formula is C17H29N3O13P2. The van der Waals surface area contributed by atoms with E-state index < -0.39 is 69.7 Å². The quantitative estimate of drug-likeness (QED) is 0.133. The summed E-state index contributed by atoms with van der Waals surface area (Å²) in [5.74, 6) is 0. The van der Waals surface area contributed by atoms with E-state index in [9.17, 15) is 33.5 Å². The zero-order valence-corrected chi connectivity index (χ0v) is 20.8. The lowest BCUT2D eigenvalue weighted by atomic mass is 9.89. The zero-order valence-electron chi connectivity index (χ0n) is 19.0. The van der Waals surface area contributed by atoms with Crippen molar-refractivity contribution in [3.63, 3.8) is 0 Å². The summed E-state index contributed by atoms with van der Waals surface area (Å²) < 4.78 is 43.9. The summed E-state index contributed by atoms with van der Waals surface area (Å²) in [4.78, 5) is 64.3. The summed E-state index contributed by atoms with van der Waals surface area (Å²) in [5.41, 5.74) is 3.54. The molecule has 0 amide bonds. The largest absolute Gasteiger partial charge is 0.481 e. The number of aryl methyl sites for hydroxylation is 1. The molecular weight excluding hydrogens is 516 g/mol. The van der Waals surface area contributed by atoms with Gasteiger partial charge in [-0.3, -0.25) is 18.9 Å². The number of H-pyrrole nitrogens is 1. The highest BCUT2D eigenvalue weighted by molar-refractivity contribution is 7.60. The summed E-state index contributed by atoms with van der Waals surface area (Å²) in [6, 6.07) is 0. The molecule has 1 fully saturated rings. The van der Waals surface area contributed by atoms with E-state index in [-0.39, 0.29) is 18.4 Å². The minimum Gasteiger partial charge on any atom is -0.391 e. The second kappa shape index (κ2) is 11.2. The fourth-order valence-corrected chi connectivity index (χ4v) is 5.19. The molecule has 200 valence electrons. The Morgan fingerprint density at radius 2 is 2.00 bits per heavy atom. The van der Waals surface area contributed by atoms with Crippen molar-refractivity contribution in [2.24, 2.45) is 5.73 Å². The summed E-state index contributed by atoms with van der Waals surface area (Å²) in [7, 11) is -10.6. The van der Waals surface area contributed by atoms with Crippen molar-refractivity contribution in [2.45, 2.75) is 69.8 Å². The zero-order chi connectivity index (χ0) is 26.8. The Kier molecular flexibility index (Phi) is 9.53. The maximum absolute atomic E-state index is 12.3. The van der Waals surface area contributed by atoms with Crippen LogP contribution in [-0.2, 0) is 32.2 Å². The third-order valence-electron chi connectivity index (χ3n) is 5.18. The first kappa shape index (κ1) is 29.7. The number of aldehydes is 1. The van der Waals surface area contributed by atoms with E-state index in [2.05, 4.69) is 13.8 Å². The molecule has 0 aromatic carbocycles. The molecule has 2 heterocycles. The van der Waals surface area contributed by atoms with E-state index in [4.69, 9.17) is 25.0 Å². The van der Waals surface area contributed by atoms with Crippen LogP contribution in [0.3, 0.4) is 0 Å². The molecule has 0 aliphatic carbocycles. The van der Waals surface area contributed by atoms with Gasteiger partial charge in [-0.2, -0.15) is 4.31 Å². The maximum atomic E-state index is 12.3. The van der Waals surface area contributed by atoms with Gasteiger partial charge in [0, 0.05) is 30.1 Å². The van der Waals surface area contributed by atoms with Crippen molar-refractivity contribution < 1.29 is 52.0 Å². The number of rotatable bonds is 12. The number of carbonyl (C=O) groups excluding carboxylic acids is 1. The van der Waals surface area contributed by atoms with Crippen LogP contribution < -0.4 is 17.0 Å². The minimum atomic E-state index is -5.38. The molecule has 18 heteroatoms. The van der Waals surface area contributed by atoms with Crippen LogP contribution in [-0.4, -0.2) is 72.2 Å². The minimum absolute atomic E-state index is 0.102. The van der Waals surface area contributed by atoms with E-state index >= 15 is 0 Å². The molecule has 2 rings (SSSR count). The van der Waals surface area contributed by atoms with Crippen LogP contribution >= 0.6 is 15.6 Å². The number of hydrogen-bond donors (Lipinski definition) is 6. The number of nitrogens with one attached hydrogen (secondary N) is 1. The summed E-state index contributed by atoms with van der Waals surface area (Å²) in [6.45, 7) is 3.48. The molecule has 7 atom stereocenters. The third kappa shape index (κ3) is 8.23. The fourth-order valence-electron chi connectivity index (χ4n) is 3.59. The fraction of sp³-hybridized carbons (Fsp3) is 0.706. The first-order valence-electron chi connectivity index (χ1n) is 10.2. The molecule has 0 saturated carbocycles. The van der Waals surface area contributed by atoms with E-state index in [0.717, 1.165) is 4.57 Å². The summed E-state index contributed by atoms with van der Waals surface area (Å²) in [6.07, 6.45) is -4.26. The molecule has 1 aromatic rings. The number of ether oxygens (including phenoxy) is 2. The molecule has 1 saturated heterocycles. The number of phosphoric ester groups is 1. The van der Waals surface area contributed by atoms with Gasteiger partial charge in [-0.15, -0.1) is 0 Å². The Hall–Kier alpha value is -1.55. The Morgan fingerprint density at radius 3 is 2.54 bits per heavy atom. The highest BCUT2D eigenvalue weighted by atomic mass is 31.3. The lowest BCUT2D eigenvalue weighted by molar-refractivity contribution is -0.133. The van der Waals surface area contributed by atoms with Crippen LogP contribution in [0.25, 0.3) is 0 Å². The molecule has 0 radical (unpaired) electrons. The number of aromatic amines is 1. The summed E-state index contributed by atoms with van der Waals surface area (Å²) in [5, 5.41) is 10.2. The van der Waals surface area contributed by atoms with E-state index in [1.807, 2.05) is 0 Å². The van der Waals surface area contributed by atoms with Gasteiger partial charge in [-0.05, 0) is 20.8 Å². The number of nitrogens with zero attached hydrogens (tertiary/aromatic N) is 1. The standard InChI is InChI=1S/C17H29N3O13P2/c1-9-7-20(16(24)19-15(9)23)13-6-11(32-14(10(2)22)17(3,18)4-5-21)12(31-13)8-30-35(28,29)33-34(25,26)27/h5,7,10-14,22H,4,6,8,18H2,1-3H3,(H,28,29)(H,19,23,24)(H2,25,26,27)/t10-,11+,12-,13-,14?,17-/m0/s1. The normalized spacial score (nSPS) is 26.0. The van der Waals surface area contributed by atoms with Crippen molar-refractivity contribution in [3.8, 4) is 0 Å². The topological polar surface area (TPSA) is 250 Å². The van der Waals surface area contributed by atoms with Gasteiger partial charge in [0.05, 0.1) is 18.8 Å². The first-order valence-corrected chi connectivity index (χ1v) is 13.3. The van der Waals surface area contributed by atoms with Gasteiger partial charge < -0.3 is 39.8 Å². The lowest BCUT2D eigenvalue weighted by Gasteiger charge is -2.37. The SMILES string of the molecule is Cc1cn([C@@H]2C[C@@H](OC([C@H](C)O)[C@@](C)(N)CC=O)[C@H](COP(=O)(O)OP(=O)(O)O)O2)c(=O)[nH]c1=O. The molecule has 1 aliphatic heterocycles. The number of carbonyl (C=O) groups is 1. The Bertz CT molecular complexity index is 1110. The van der Waals surface area contributed by atoms with Crippen LogP contribution in [0.2, 0.25) is 0 Å². The highest BCUT2D eigenvalue weighted by Gasteiger charge is 2.45. The van der Waals surface area contributed by atoms with Gasteiger partial charge in [-0.25, -0.2) is 13.9 Å². The smallest absolute Gasteiger partial charge is 0.391 e. The van der Waals surface area contributed by atoms with Crippen LogP contribution in [0.4, 0.5) is 0 Å². The molecule has 2 unspecified atom stereocenters. The molecule has 7 N–H and O–H groups in total. The third-order valence-corrected chi connectivity index (χ3v) is 7.33. The number of aliphatic hydroxyl groups excluding tert-OH is 1. The van der Waals surface area contributed by atoms with E-state index in [0.29, 0.717) is 6.29 Å². The predicted molar refractivity (Wildman–Crippen MR) is 117 cm³/mol. The second-order valence-corrected chi connectivity index (χ2v) is 11.2. The Balaban J connectivity index is 2.35. The van der Waals surface area contributed by atoms with Crippen LogP contribution in [0.1, 0.15) is 38.5 Å². The maximum Gasteiger partial charge on any atom is 0.481 e. The van der Waals surface area contributed by atoms with Crippen LogP contribution in [0.15, 0.2) is 15.8 Å². The lowest BCUT2D eigenvalue weighted by Crippen LogP contribution is -2.56. The number of aromatic nitrogens is 2. The first-order chi connectivity index (χ1) is 16.0. The van der Waals surface area contributed by atoms with Crippen LogP contribution in [0.5, 0.6) is 0 Å². The van der Waals surface area contributed by atoms with E-state index in [1.165, 1.54) is 27.0 Å². The number of hydrogen-bond acceptors (Lipinski definition) is 11. The average Bonchev–Trinajstić information content (AvgIpc) is 3.08. The van der Waals surface area contributed by atoms with Crippen molar-refractivity contribution in [1.82, 2.24) is 9.55 Å². The van der Waals surface area contributed by atoms with Crippen molar-refractivity contribution >= 4 is 21.9 Å². The van der Waals surface area contributed by atoms with Gasteiger partial charge in [0.15, 0.2) is 0 Å². The van der Waals surface area contributed by atoms with Gasteiger partial charge in [-0.1, -0.05) is 0 Å². The van der Waals surface area contributed by atoms with Gasteiger partial charge in [0.25, 0.3) is 5.56 Å². The van der Waals surface area contributed by atoms with E-state index in [1.54, 1.807) is 0 Å². The van der Waals surface area contributed by atoms with Gasteiger partial charge in [0.2, 0.25) is 0 Å².